The minimum Gasteiger partial charge on any atom is -0.481 e. The number of aryl methyl sites for hydroxylation is 1. The Morgan fingerprint density at radius 2 is 2.12 bits per heavy atom. The van der Waals surface area contributed by atoms with Crippen molar-refractivity contribution in [2.45, 2.75) is 27.2 Å². The molecule has 0 saturated carbocycles. The molecule has 1 aromatic rings. The fraction of sp³-hybridized carbons (Fsp3) is 0.417. The van der Waals surface area contributed by atoms with E-state index in [0.717, 1.165) is 16.7 Å². The summed E-state index contributed by atoms with van der Waals surface area (Å²) in [5, 5.41) is 8.85. The van der Waals surface area contributed by atoms with Gasteiger partial charge in [0.2, 0.25) is 0 Å². The highest BCUT2D eigenvalue weighted by molar-refractivity contribution is 9.10. The van der Waals surface area contributed by atoms with E-state index in [1.165, 1.54) is 6.07 Å². The summed E-state index contributed by atoms with van der Waals surface area (Å²) in [6.45, 7) is 5.32. The summed E-state index contributed by atoms with van der Waals surface area (Å²) >= 11 is 3.17. The second kappa shape index (κ2) is 4.95. The largest absolute Gasteiger partial charge is 0.481 e. The molecule has 0 saturated heterocycles. The van der Waals surface area contributed by atoms with Gasteiger partial charge in [-0.05, 0) is 59.0 Å². The van der Waals surface area contributed by atoms with Gasteiger partial charge in [0.25, 0.3) is 0 Å². The molecule has 0 aliphatic heterocycles. The van der Waals surface area contributed by atoms with Crippen molar-refractivity contribution in [2.75, 3.05) is 0 Å². The van der Waals surface area contributed by atoms with Crippen LogP contribution < -0.4 is 0 Å². The molecule has 0 amide bonds. The standard InChI is InChI=1S/C12H14BrFO2/c1-6-5-10(14)11(13)9(8(6)3)4-7(2)12(15)16/h5,7H,4H2,1-3H3,(H,15,16). The van der Waals surface area contributed by atoms with Gasteiger partial charge in [-0.3, -0.25) is 4.79 Å². The van der Waals surface area contributed by atoms with Gasteiger partial charge in [0, 0.05) is 0 Å². The zero-order chi connectivity index (χ0) is 12.5. The van der Waals surface area contributed by atoms with Crippen LogP contribution in [0.2, 0.25) is 0 Å². The minimum atomic E-state index is -0.867. The van der Waals surface area contributed by atoms with Crippen LogP contribution in [0.1, 0.15) is 23.6 Å². The van der Waals surface area contributed by atoms with Crippen molar-refractivity contribution in [3.63, 3.8) is 0 Å². The van der Waals surface area contributed by atoms with Crippen LogP contribution in [-0.2, 0) is 11.2 Å². The molecule has 1 atom stereocenters. The number of rotatable bonds is 3. The summed E-state index contributed by atoms with van der Waals surface area (Å²) in [5.41, 5.74) is 2.53. The van der Waals surface area contributed by atoms with Crippen molar-refractivity contribution >= 4 is 21.9 Å². The highest BCUT2D eigenvalue weighted by Gasteiger charge is 2.18. The average molecular weight is 289 g/mol. The van der Waals surface area contributed by atoms with E-state index in [1.54, 1.807) is 6.92 Å². The molecule has 4 heteroatoms. The minimum absolute atomic E-state index is 0.334. The van der Waals surface area contributed by atoms with Gasteiger partial charge in [-0.2, -0.15) is 0 Å². The summed E-state index contributed by atoms with van der Waals surface area (Å²) in [4.78, 5) is 10.8. The molecule has 0 fully saturated rings. The van der Waals surface area contributed by atoms with Crippen molar-refractivity contribution < 1.29 is 14.3 Å². The molecule has 0 aliphatic rings. The summed E-state index contributed by atoms with van der Waals surface area (Å²) in [7, 11) is 0. The van der Waals surface area contributed by atoms with Crippen LogP contribution in [0.3, 0.4) is 0 Å². The van der Waals surface area contributed by atoms with E-state index in [1.807, 2.05) is 13.8 Å². The van der Waals surface area contributed by atoms with E-state index in [-0.39, 0.29) is 5.82 Å². The van der Waals surface area contributed by atoms with Crippen molar-refractivity contribution in [3.8, 4) is 0 Å². The van der Waals surface area contributed by atoms with E-state index in [4.69, 9.17) is 5.11 Å². The number of halogens is 2. The molecule has 1 aromatic carbocycles. The second-order valence-corrected chi connectivity index (χ2v) is 4.83. The van der Waals surface area contributed by atoms with Gasteiger partial charge in [-0.1, -0.05) is 6.92 Å². The Morgan fingerprint density at radius 3 is 2.62 bits per heavy atom. The highest BCUT2D eigenvalue weighted by Crippen LogP contribution is 2.28. The first-order valence-electron chi connectivity index (χ1n) is 5.01. The molecule has 0 radical (unpaired) electrons. The van der Waals surface area contributed by atoms with Crippen molar-refractivity contribution in [1.29, 1.82) is 0 Å². The summed E-state index contributed by atoms with van der Waals surface area (Å²) < 4.78 is 13.9. The fourth-order valence-electron chi connectivity index (χ4n) is 1.54. The average Bonchev–Trinajstić information content (AvgIpc) is 2.21. The predicted octanol–water partition coefficient (Wildman–Crippen LogP) is 3.47. The normalized spacial score (nSPS) is 12.6. The van der Waals surface area contributed by atoms with Crippen molar-refractivity contribution in [1.82, 2.24) is 0 Å². The zero-order valence-electron chi connectivity index (χ0n) is 9.47. The van der Waals surface area contributed by atoms with Gasteiger partial charge in [0.05, 0.1) is 10.4 Å². The number of carboxylic acids is 1. The maximum atomic E-state index is 13.5. The number of carboxylic acid groups (broad SMARTS) is 1. The lowest BCUT2D eigenvalue weighted by Crippen LogP contribution is -2.14. The van der Waals surface area contributed by atoms with Gasteiger partial charge in [0.15, 0.2) is 0 Å². The summed E-state index contributed by atoms with van der Waals surface area (Å²) in [6, 6.07) is 1.45. The van der Waals surface area contributed by atoms with Gasteiger partial charge >= 0.3 is 5.97 Å². The molecule has 16 heavy (non-hydrogen) atoms. The maximum Gasteiger partial charge on any atom is 0.306 e. The van der Waals surface area contributed by atoms with Crippen LogP contribution in [0, 0.1) is 25.6 Å². The third-order valence-corrected chi connectivity index (χ3v) is 3.65. The van der Waals surface area contributed by atoms with Crippen LogP contribution in [-0.4, -0.2) is 11.1 Å². The molecule has 0 aliphatic carbocycles. The second-order valence-electron chi connectivity index (χ2n) is 4.04. The topological polar surface area (TPSA) is 37.3 Å². The molecule has 0 heterocycles. The lowest BCUT2D eigenvalue weighted by atomic mass is 9.95. The van der Waals surface area contributed by atoms with Crippen LogP contribution in [0.4, 0.5) is 4.39 Å². The molecular weight excluding hydrogens is 275 g/mol. The fourth-order valence-corrected chi connectivity index (χ4v) is 2.12. The summed E-state index contributed by atoms with van der Waals surface area (Å²) in [5.74, 6) is -1.72. The summed E-state index contributed by atoms with van der Waals surface area (Å²) in [6.07, 6.45) is 0.334. The Hall–Kier alpha value is -0.900. The van der Waals surface area contributed by atoms with E-state index in [2.05, 4.69) is 15.9 Å². The smallest absolute Gasteiger partial charge is 0.306 e. The van der Waals surface area contributed by atoms with Crippen molar-refractivity contribution in [3.05, 3.63) is 33.0 Å². The number of aliphatic carboxylic acids is 1. The highest BCUT2D eigenvalue weighted by atomic mass is 79.9. The molecule has 88 valence electrons. The zero-order valence-corrected chi connectivity index (χ0v) is 11.1. The third-order valence-electron chi connectivity index (χ3n) is 2.79. The Labute approximate surface area is 103 Å². The molecular formula is C12H14BrFO2. The molecule has 2 nitrogen and oxygen atoms in total. The van der Waals surface area contributed by atoms with E-state index in [0.29, 0.717) is 10.9 Å². The SMILES string of the molecule is Cc1cc(F)c(Br)c(CC(C)C(=O)O)c1C. The molecule has 0 bridgehead atoms. The quantitative estimate of drug-likeness (QED) is 0.925. The Balaban J connectivity index is 3.17. The van der Waals surface area contributed by atoms with Crippen molar-refractivity contribution in [2.24, 2.45) is 5.92 Å². The van der Waals surface area contributed by atoms with Gasteiger partial charge in [-0.15, -0.1) is 0 Å². The van der Waals surface area contributed by atoms with Gasteiger partial charge in [0.1, 0.15) is 5.82 Å². The Morgan fingerprint density at radius 1 is 1.56 bits per heavy atom. The monoisotopic (exact) mass is 288 g/mol. The first-order chi connectivity index (χ1) is 7.34. The maximum absolute atomic E-state index is 13.5. The van der Waals surface area contributed by atoms with E-state index >= 15 is 0 Å². The number of carbonyl (C=O) groups is 1. The third kappa shape index (κ3) is 2.61. The molecule has 0 aromatic heterocycles. The number of benzene rings is 1. The molecule has 1 rings (SSSR count). The van der Waals surface area contributed by atoms with Crippen LogP contribution in [0.5, 0.6) is 0 Å². The Kier molecular flexibility index (Phi) is 4.08. The van der Waals surface area contributed by atoms with Crippen LogP contribution in [0.25, 0.3) is 0 Å². The predicted molar refractivity (Wildman–Crippen MR) is 64.1 cm³/mol. The van der Waals surface area contributed by atoms with E-state index in [9.17, 15) is 9.18 Å². The lowest BCUT2D eigenvalue weighted by molar-refractivity contribution is -0.141. The molecule has 1 N–H and O–H groups in total. The van der Waals surface area contributed by atoms with Gasteiger partial charge < -0.3 is 5.11 Å². The number of hydrogen-bond donors (Lipinski definition) is 1. The Bertz CT molecular complexity index is 403. The first-order valence-corrected chi connectivity index (χ1v) is 5.80. The number of hydrogen-bond acceptors (Lipinski definition) is 1. The van der Waals surface area contributed by atoms with Gasteiger partial charge in [-0.25, -0.2) is 4.39 Å². The molecule has 0 spiro atoms. The van der Waals surface area contributed by atoms with Crippen LogP contribution >= 0.6 is 15.9 Å². The first kappa shape index (κ1) is 13.2. The lowest BCUT2D eigenvalue weighted by Gasteiger charge is -2.14. The van der Waals surface area contributed by atoms with Crippen LogP contribution in [0.15, 0.2) is 10.5 Å². The van der Waals surface area contributed by atoms with E-state index < -0.39 is 11.9 Å². The molecule has 1 unspecified atom stereocenters.